The van der Waals surface area contributed by atoms with Crippen LogP contribution in [-0.4, -0.2) is 12.0 Å². The smallest absolute Gasteiger partial charge is 0.105 e. The van der Waals surface area contributed by atoms with E-state index in [-0.39, 0.29) is 0 Å². The first-order valence-corrected chi connectivity index (χ1v) is 7.30. The summed E-state index contributed by atoms with van der Waals surface area (Å²) in [4.78, 5) is 5.80. The van der Waals surface area contributed by atoms with Crippen LogP contribution in [0.15, 0.2) is 46.5 Å². The minimum Gasteiger partial charge on any atom is -0.313 e. The molecule has 1 unspecified atom stereocenters. The molecule has 19 heavy (non-hydrogen) atoms. The van der Waals surface area contributed by atoms with Crippen molar-refractivity contribution in [3.8, 4) is 0 Å². The summed E-state index contributed by atoms with van der Waals surface area (Å²) in [5.41, 5.74) is 3.85. The molecular formula is C16H20N2S. The lowest BCUT2D eigenvalue weighted by molar-refractivity contribution is 0.634. The highest BCUT2D eigenvalue weighted by Gasteiger charge is 2.11. The zero-order valence-corrected chi connectivity index (χ0v) is 12.7. The molecule has 2 aromatic rings. The molecule has 0 spiro atoms. The van der Waals surface area contributed by atoms with Crippen LogP contribution >= 0.6 is 11.8 Å². The van der Waals surface area contributed by atoms with Crippen molar-refractivity contribution in [1.29, 1.82) is 0 Å². The zero-order valence-electron chi connectivity index (χ0n) is 11.9. The second kappa shape index (κ2) is 6.22. The summed E-state index contributed by atoms with van der Waals surface area (Å²) < 4.78 is 0. The number of hydrogen-bond acceptors (Lipinski definition) is 3. The molecule has 1 aromatic carbocycles. The van der Waals surface area contributed by atoms with E-state index in [0.29, 0.717) is 6.04 Å². The second-order valence-electron chi connectivity index (χ2n) is 4.78. The fourth-order valence-electron chi connectivity index (χ4n) is 1.99. The first kappa shape index (κ1) is 14.1. The average molecular weight is 272 g/mol. The van der Waals surface area contributed by atoms with E-state index in [9.17, 15) is 0 Å². The summed E-state index contributed by atoms with van der Waals surface area (Å²) in [7, 11) is 1.98. The van der Waals surface area contributed by atoms with Gasteiger partial charge in [0.25, 0.3) is 0 Å². The van der Waals surface area contributed by atoms with Gasteiger partial charge in [-0.05, 0) is 45.5 Å². The monoisotopic (exact) mass is 272 g/mol. The lowest BCUT2D eigenvalue weighted by Crippen LogP contribution is -2.13. The van der Waals surface area contributed by atoms with Gasteiger partial charge in [0, 0.05) is 22.7 Å². The summed E-state index contributed by atoms with van der Waals surface area (Å²) in [6.07, 6.45) is 1.86. The molecule has 0 bridgehead atoms. The average Bonchev–Trinajstić information content (AvgIpc) is 2.41. The third-order valence-corrected chi connectivity index (χ3v) is 4.45. The second-order valence-corrected chi connectivity index (χ2v) is 5.81. The van der Waals surface area contributed by atoms with Crippen LogP contribution in [0.4, 0.5) is 0 Å². The van der Waals surface area contributed by atoms with E-state index in [1.807, 2.05) is 19.3 Å². The van der Waals surface area contributed by atoms with Crippen LogP contribution in [0, 0.1) is 13.8 Å². The predicted octanol–water partition coefficient (Wildman–Crippen LogP) is 4.13. The third-order valence-electron chi connectivity index (χ3n) is 3.24. The SMILES string of the molecule is CNC(C)c1cccnc1Sc1ccc(C)cc1C. The molecule has 3 heteroatoms. The van der Waals surface area contributed by atoms with Gasteiger partial charge < -0.3 is 5.32 Å². The zero-order chi connectivity index (χ0) is 13.8. The Balaban J connectivity index is 2.33. The van der Waals surface area contributed by atoms with Crippen LogP contribution in [0.25, 0.3) is 0 Å². The first-order valence-electron chi connectivity index (χ1n) is 6.49. The first-order chi connectivity index (χ1) is 9.11. The van der Waals surface area contributed by atoms with Crippen molar-refractivity contribution >= 4 is 11.8 Å². The molecule has 0 amide bonds. The molecule has 2 nitrogen and oxygen atoms in total. The summed E-state index contributed by atoms with van der Waals surface area (Å²) in [5, 5.41) is 4.36. The van der Waals surface area contributed by atoms with Crippen LogP contribution < -0.4 is 5.32 Å². The number of rotatable bonds is 4. The summed E-state index contributed by atoms with van der Waals surface area (Å²) in [5.74, 6) is 0. The Hall–Kier alpha value is -1.32. The molecule has 1 aromatic heterocycles. The molecule has 0 saturated heterocycles. The van der Waals surface area contributed by atoms with Gasteiger partial charge in [0.05, 0.1) is 0 Å². The molecule has 1 N–H and O–H groups in total. The molecule has 1 atom stereocenters. The Kier molecular flexibility index (Phi) is 4.61. The van der Waals surface area contributed by atoms with Crippen molar-refractivity contribution in [3.05, 3.63) is 53.2 Å². The van der Waals surface area contributed by atoms with E-state index < -0.39 is 0 Å². The maximum absolute atomic E-state index is 4.53. The highest BCUT2D eigenvalue weighted by molar-refractivity contribution is 7.99. The van der Waals surface area contributed by atoms with Gasteiger partial charge >= 0.3 is 0 Å². The quantitative estimate of drug-likeness (QED) is 0.906. The molecule has 0 aliphatic rings. The molecular weight excluding hydrogens is 252 g/mol. The van der Waals surface area contributed by atoms with Gasteiger partial charge in [-0.3, -0.25) is 0 Å². The number of pyridine rings is 1. The molecule has 0 radical (unpaired) electrons. The lowest BCUT2D eigenvalue weighted by Gasteiger charge is -2.15. The van der Waals surface area contributed by atoms with Crippen molar-refractivity contribution in [2.75, 3.05) is 7.05 Å². The minimum atomic E-state index is 0.307. The van der Waals surface area contributed by atoms with Gasteiger partial charge in [-0.15, -0.1) is 0 Å². The van der Waals surface area contributed by atoms with E-state index >= 15 is 0 Å². The third kappa shape index (κ3) is 3.37. The highest BCUT2D eigenvalue weighted by Crippen LogP contribution is 2.33. The maximum Gasteiger partial charge on any atom is 0.105 e. The number of aryl methyl sites for hydroxylation is 2. The van der Waals surface area contributed by atoms with Crippen molar-refractivity contribution in [2.24, 2.45) is 0 Å². The molecule has 0 aliphatic carbocycles. The largest absolute Gasteiger partial charge is 0.313 e. The molecule has 0 aliphatic heterocycles. The van der Waals surface area contributed by atoms with E-state index in [1.54, 1.807) is 11.8 Å². The van der Waals surface area contributed by atoms with E-state index in [0.717, 1.165) is 5.03 Å². The van der Waals surface area contributed by atoms with Gasteiger partial charge in [0.2, 0.25) is 0 Å². The number of nitrogens with one attached hydrogen (secondary N) is 1. The number of nitrogens with zero attached hydrogens (tertiary/aromatic N) is 1. The van der Waals surface area contributed by atoms with Crippen LogP contribution in [0.3, 0.4) is 0 Å². The number of hydrogen-bond donors (Lipinski definition) is 1. The van der Waals surface area contributed by atoms with Gasteiger partial charge in [0.15, 0.2) is 0 Å². The standard InChI is InChI=1S/C16H20N2S/c1-11-7-8-15(12(2)10-11)19-16-14(13(3)17-4)6-5-9-18-16/h5-10,13,17H,1-4H3. The van der Waals surface area contributed by atoms with Gasteiger partial charge in [0.1, 0.15) is 5.03 Å². The van der Waals surface area contributed by atoms with Crippen molar-refractivity contribution in [3.63, 3.8) is 0 Å². The van der Waals surface area contributed by atoms with Crippen LogP contribution in [0.1, 0.15) is 29.7 Å². The van der Waals surface area contributed by atoms with Gasteiger partial charge in [-0.1, -0.05) is 35.5 Å². The molecule has 1 heterocycles. The maximum atomic E-state index is 4.53. The molecule has 0 saturated carbocycles. The number of aromatic nitrogens is 1. The van der Waals surface area contributed by atoms with E-state index in [2.05, 4.69) is 55.3 Å². The Bertz CT molecular complexity index is 566. The van der Waals surface area contributed by atoms with Crippen LogP contribution in [-0.2, 0) is 0 Å². The van der Waals surface area contributed by atoms with E-state index in [1.165, 1.54) is 21.6 Å². The highest BCUT2D eigenvalue weighted by atomic mass is 32.2. The van der Waals surface area contributed by atoms with Crippen LogP contribution in [0.2, 0.25) is 0 Å². The fraction of sp³-hybridized carbons (Fsp3) is 0.312. The Labute approximate surface area is 119 Å². The van der Waals surface area contributed by atoms with E-state index in [4.69, 9.17) is 0 Å². The normalized spacial score (nSPS) is 12.4. The molecule has 0 fully saturated rings. The Morgan fingerprint density at radius 1 is 1.21 bits per heavy atom. The Morgan fingerprint density at radius 2 is 2.00 bits per heavy atom. The van der Waals surface area contributed by atoms with Gasteiger partial charge in [-0.2, -0.15) is 0 Å². The predicted molar refractivity (Wildman–Crippen MR) is 81.8 cm³/mol. The minimum absolute atomic E-state index is 0.307. The van der Waals surface area contributed by atoms with Crippen molar-refractivity contribution in [2.45, 2.75) is 36.7 Å². The van der Waals surface area contributed by atoms with Crippen molar-refractivity contribution in [1.82, 2.24) is 10.3 Å². The Morgan fingerprint density at radius 3 is 2.68 bits per heavy atom. The van der Waals surface area contributed by atoms with Gasteiger partial charge in [-0.25, -0.2) is 4.98 Å². The summed E-state index contributed by atoms with van der Waals surface area (Å²) in [6, 6.07) is 11.0. The van der Waals surface area contributed by atoms with Crippen molar-refractivity contribution < 1.29 is 0 Å². The lowest BCUT2D eigenvalue weighted by atomic mass is 10.1. The summed E-state index contributed by atoms with van der Waals surface area (Å²) in [6.45, 7) is 6.43. The number of benzene rings is 1. The molecule has 2 rings (SSSR count). The fourth-order valence-corrected chi connectivity index (χ4v) is 3.03. The topological polar surface area (TPSA) is 24.9 Å². The summed E-state index contributed by atoms with van der Waals surface area (Å²) >= 11 is 1.74. The van der Waals surface area contributed by atoms with Crippen LogP contribution in [0.5, 0.6) is 0 Å². The molecule has 100 valence electrons.